The number of rotatable bonds is 4. The molecule has 0 radical (unpaired) electrons. The molecule has 22 heavy (non-hydrogen) atoms. The fourth-order valence-electron chi connectivity index (χ4n) is 2.14. The molecule has 2 heterocycles. The van der Waals surface area contributed by atoms with Crippen molar-refractivity contribution in [3.63, 3.8) is 0 Å². The van der Waals surface area contributed by atoms with Crippen molar-refractivity contribution in [2.75, 3.05) is 11.6 Å². The molecule has 122 valence electrons. The molecule has 0 spiro atoms. The van der Waals surface area contributed by atoms with Gasteiger partial charge in [0.1, 0.15) is 17.6 Å². The van der Waals surface area contributed by atoms with Crippen LogP contribution in [0, 0.1) is 0 Å². The van der Waals surface area contributed by atoms with Gasteiger partial charge in [0.15, 0.2) is 0 Å². The molecule has 0 aromatic carbocycles. The van der Waals surface area contributed by atoms with Gasteiger partial charge < -0.3 is 20.3 Å². The van der Waals surface area contributed by atoms with Gasteiger partial charge in [0.25, 0.3) is 0 Å². The Kier molecular flexibility index (Phi) is 4.74. The average Bonchev–Trinajstić information content (AvgIpc) is 2.82. The number of nitrogens with zero attached hydrogens (tertiary/aromatic N) is 2. The molecule has 0 saturated carbocycles. The van der Waals surface area contributed by atoms with Crippen molar-refractivity contribution in [3.8, 4) is 0 Å². The van der Waals surface area contributed by atoms with Crippen molar-refractivity contribution in [2.45, 2.75) is 24.7 Å². The predicted octanol–water partition coefficient (Wildman–Crippen LogP) is 1.10. The Morgan fingerprint density at radius 2 is 2.41 bits per heavy atom. The minimum absolute atomic E-state index is 0.0512. The van der Waals surface area contributed by atoms with Crippen LogP contribution in [0.3, 0.4) is 0 Å². The molecular formula is C11H14ClFN3O5P. The lowest BCUT2D eigenvalue weighted by Gasteiger charge is -2.24. The summed E-state index contributed by atoms with van der Waals surface area (Å²) in [6, 6.07) is 1.40. The van der Waals surface area contributed by atoms with Gasteiger partial charge in [-0.3, -0.25) is 9.13 Å². The number of hydrogen-bond donors (Lipinski definition) is 3. The molecule has 11 heteroatoms. The molecule has 0 aliphatic carbocycles. The first-order chi connectivity index (χ1) is 10.2. The molecular weight excluding hydrogens is 340 g/mol. The van der Waals surface area contributed by atoms with Crippen LogP contribution < -0.4 is 11.4 Å². The number of nitrogens with two attached hydrogens (primary N) is 1. The lowest BCUT2D eigenvalue weighted by molar-refractivity contribution is -0.0336. The van der Waals surface area contributed by atoms with Gasteiger partial charge in [-0.1, -0.05) is 0 Å². The summed E-state index contributed by atoms with van der Waals surface area (Å²) in [7, 11) is -5.01. The summed E-state index contributed by atoms with van der Waals surface area (Å²) < 4.78 is 31.1. The molecule has 0 amide bonds. The Labute approximate surface area is 129 Å². The molecule has 1 aromatic heterocycles. The second-order valence-corrected chi connectivity index (χ2v) is 6.65. The van der Waals surface area contributed by atoms with E-state index in [1.165, 1.54) is 12.3 Å². The van der Waals surface area contributed by atoms with Crippen LogP contribution in [0.25, 0.3) is 0 Å². The van der Waals surface area contributed by atoms with Gasteiger partial charge in [-0.2, -0.15) is 9.37 Å². The van der Waals surface area contributed by atoms with Crippen LogP contribution in [0.2, 0.25) is 0 Å². The van der Waals surface area contributed by atoms with Gasteiger partial charge >= 0.3 is 13.3 Å². The Morgan fingerprint density at radius 3 is 2.95 bits per heavy atom. The third-order valence-electron chi connectivity index (χ3n) is 3.23. The Morgan fingerprint density at radius 1 is 1.73 bits per heavy atom. The lowest BCUT2D eigenvalue weighted by Crippen LogP contribution is -2.32. The molecule has 4 N–H and O–H groups in total. The van der Waals surface area contributed by atoms with E-state index < -0.39 is 30.7 Å². The van der Waals surface area contributed by atoms with E-state index in [2.05, 4.69) is 4.98 Å². The van der Waals surface area contributed by atoms with Crippen molar-refractivity contribution < 1.29 is 23.5 Å². The molecule has 1 aromatic rings. The maximum atomic E-state index is 13.5. The van der Waals surface area contributed by atoms with E-state index in [4.69, 9.17) is 31.9 Å². The van der Waals surface area contributed by atoms with Crippen molar-refractivity contribution >= 4 is 25.0 Å². The van der Waals surface area contributed by atoms with Crippen LogP contribution >= 0.6 is 19.2 Å². The number of alkyl halides is 1. The predicted molar refractivity (Wildman–Crippen MR) is 77.0 cm³/mol. The van der Waals surface area contributed by atoms with Gasteiger partial charge in [-0.15, -0.1) is 11.6 Å². The first kappa shape index (κ1) is 17.1. The van der Waals surface area contributed by atoms with Crippen molar-refractivity contribution in [3.05, 3.63) is 34.4 Å². The average molecular weight is 354 g/mol. The molecule has 2 atom stereocenters. The molecule has 1 unspecified atom stereocenters. The van der Waals surface area contributed by atoms with E-state index >= 15 is 0 Å². The van der Waals surface area contributed by atoms with Crippen LogP contribution in [-0.2, 0) is 9.30 Å². The van der Waals surface area contributed by atoms with Gasteiger partial charge in [0, 0.05) is 6.20 Å². The molecule has 8 nitrogen and oxygen atoms in total. The van der Waals surface area contributed by atoms with Crippen LogP contribution in [0.1, 0.15) is 19.1 Å². The highest BCUT2D eigenvalue weighted by Gasteiger charge is 2.41. The highest BCUT2D eigenvalue weighted by atomic mass is 35.5. The van der Waals surface area contributed by atoms with Gasteiger partial charge in [-0.05, 0) is 25.0 Å². The molecule has 0 bridgehead atoms. The highest BCUT2D eigenvalue weighted by Crippen LogP contribution is 2.49. The third kappa shape index (κ3) is 3.56. The maximum Gasteiger partial charge on any atom is 0.384 e. The molecule has 1 aliphatic heterocycles. The van der Waals surface area contributed by atoms with Crippen molar-refractivity contribution in [1.29, 1.82) is 0 Å². The fourth-order valence-corrected chi connectivity index (χ4v) is 2.82. The molecule has 1 fully saturated rings. The first-order valence-corrected chi connectivity index (χ1v) is 8.34. The Bertz CT molecular complexity index is 705. The Balaban J connectivity index is 2.29. The number of aromatic nitrogens is 2. The quantitative estimate of drug-likeness (QED) is 0.546. The summed E-state index contributed by atoms with van der Waals surface area (Å²) in [5.74, 6) is -0.177. The highest BCUT2D eigenvalue weighted by molar-refractivity contribution is 7.56. The largest absolute Gasteiger partial charge is 0.384 e. The maximum absolute atomic E-state index is 13.5. The topological polar surface area (TPSA) is 128 Å². The number of hydrogen-bond acceptors (Lipinski definition) is 5. The summed E-state index contributed by atoms with van der Waals surface area (Å²) >= 11 is 5.76. The van der Waals surface area contributed by atoms with Crippen LogP contribution in [0.15, 0.2) is 28.7 Å². The summed E-state index contributed by atoms with van der Waals surface area (Å²) in [6.45, 7) is 0. The van der Waals surface area contributed by atoms with Gasteiger partial charge in [0.05, 0.1) is 5.88 Å². The molecule has 1 saturated heterocycles. The monoisotopic (exact) mass is 353 g/mol. The lowest BCUT2D eigenvalue weighted by atomic mass is 10.0. The number of nitrogen functional groups attached to an aromatic ring is 1. The van der Waals surface area contributed by atoms with Crippen LogP contribution in [-0.4, -0.2) is 30.8 Å². The van der Waals surface area contributed by atoms with E-state index in [9.17, 15) is 13.8 Å². The number of halogens is 2. The van der Waals surface area contributed by atoms with E-state index in [1.54, 1.807) is 0 Å². The van der Waals surface area contributed by atoms with E-state index in [1.807, 2.05) is 0 Å². The van der Waals surface area contributed by atoms with Crippen molar-refractivity contribution in [1.82, 2.24) is 9.55 Å². The smallest absolute Gasteiger partial charge is 0.383 e. The van der Waals surface area contributed by atoms with Crippen LogP contribution in [0.5, 0.6) is 0 Å². The number of anilines is 1. The third-order valence-corrected chi connectivity index (χ3v) is 4.37. The fraction of sp³-hybridized carbons (Fsp3) is 0.455. The zero-order chi connectivity index (χ0) is 16.5. The van der Waals surface area contributed by atoms with Gasteiger partial charge in [-0.25, -0.2) is 4.79 Å². The zero-order valence-electron chi connectivity index (χ0n) is 11.2. The number of ether oxygens (including phenoxy) is 1. The SMILES string of the molecule is Nc1ccn(C2CC[C@](/C=C(\F)P(=O)(O)O)(CCl)O2)c(=O)n1. The second-order valence-electron chi connectivity index (χ2n) is 4.86. The normalized spacial score (nSPS) is 26.4. The summed E-state index contributed by atoms with van der Waals surface area (Å²) in [4.78, 5) is 32.9. The molecule has 2 rings (SSSR count). The van der Waals surface area contributed by atoms with E-state index in [0.717, 1.165) is 4.57 Å². The minimum Gasteiger partial charge on any atom is -0.383 e. The van der Waals surface area contributed by atoms with Crippen LogP contribution in [0.4, 0.5) is 10.2 Å². The standard InChI is InChI=1S/C11H14ClFN3O5P/c12-6-11(5-7(13)22(18,19)20)3-1-9(21-11)16-4-2-8(14)15-10(16)17/h2,4-5,9H,1,3,6H2,(H2,14,15,17)(H2,18,19,20)/b7-5+/t9?,11-/m0/s1. The minimum atomic E-state index is -5.01. The van der Waals surface area contributed by atoms with Crippen molar-refractivity contribution in [2.24, 2.45) is 0 Å². The first-order valence-electron chi connectivity index (χ1n) is 6.20. The second kappa shape index (κ2) is 6.10. The van der Waals surface area contributed by atoms with E-state index in [0.29, 0.717) is 12.5 Å². The Hall–Kier alpha value is -1.25. The molecule has 1 aliphatic rings. The van der Waals surface area contributed by atoms with E-state index in [-0.39, 0.29) is 18.1 Å². The zero-order valence-corrected chi connectivity index (χ0v) is 12.9. The summed E-state index contributed by atoms with van der Waals surface area (Å²) in [5.41, 5.74) is 1.72. The summed E-state index contributed by atoms with van der Waals surface area (Å²) in [5, 5.41) is 0. The summed E-state index contributed by atoms with van der Waals surface area (Å²) in [6.07, 6.45) is 1.76. The van der Waals surface area contributed by atoms with Gasteiger partial charge in [0.2, 0.25) is 5.57 Å².